The summed E-state index contributed by atoms with van der Waals surface area (Å²) in [7, 11) is 0. The SMILES string of the molecule is O=C(CCc1ccc(Br)cc1F)NCCc1cc(Cl)c2c(c1)OCCO2. The van der Waals surface area contributed by atoms with E-state index in [0.29, 0.717) is 59.2 Å². The fourth-order valence-corrected chi connectivity index (χ4v) is 3.34. The average Bonchev–Trinajstić information content (AvgIpc) is 2.61. The molecule has 0 saturated heterocycles. The van der Waals surface area contributed by atoms with Gasteiger partial charge in [0, 0.05) is 17.4 Å². The maximum Gasteiger partial charge on any atom is 0.220 e. The van der Waals surface area contributed by atoms with Crippen LogP contribution in [0.15, 0.2) is 34.8 Å². The lowest BCUT2D eigenvalue weighted by atomic mass is 10.1. The van der Waals surface area contributed by atoms with E-state index in [0.717, 1.165) is 5.56 Å². The van der Waals surface area contributed by atoms with Gasteiger partial charge in [-0.25, -0.2) is 4.39 Å². The van der Waals surface area contributed by atoms with Crippen LogP contribution in [0.3, 0.4) is 0 Å². The minimum absolute atomic E-state index is 0.115. The van der Waals surface area contributed by atoms with E-state index < -0.39 is 0 Å². The molecule has 1 amide bonds. The summed E-state index contributed by atoms with van der Waals surface area (Å²) in [5.74, 6) is 0.784. The quantitative estimate of drug-likeness (QED) is 0.725. The molecule has 0 radical (unpaired) electrons. The van der Waals surface area contributed by atoms with Crippen molar-refractivity contribution in [3.05, 3.63) is 56.8 Å². The summed E-state index contributed by atoms with van der Waals surface area (Å²) in [6, 6.07) is 8.55. The molecule has 0 aliphatic carbocycles. The van der Waals surface area contributed by atoms with E-state index in [9.17, 15) is 9.18 Å². The highest BCUT2D eigenvalue weighted by Gasteiger charge is 2.16. The minimum atomic E-state index is -0.307. The fraction of sp³-hybridized carbons (Fsp3) is 0.316. The number of carbonyl (C=O) groups excluding carboxylic acids is 1. The number of amides is 1. The van der Waals surface area contributed by atoms with E-state index in [1.54, 1.807) is 12.1 Å². The Labute approximate surface area is 164 Å². The molecule has 1 aliphatic rings. The number of carbonyl (C=O) groups is 1. The van der Waals surface area contributed by atoms with Gasteiger partial charge in [0.1, 0.15) is 19.0 Å². The second-order valence-electron chi connectivity index (χ2n) is 5.94. The van der Waals surface area contributed by atoms with Gasteiger partial charge in [-0.05, 0) is 48.2 Å². The Balaban J connectivity index is 1.47. The van der Waals surface area contributed by atoms with Crippen LogP contribution in [0.4, 0.5) is 4.39 Å². The molecule has 26 heavy (non-hydrogen) atoms. The van der Waals surface area contributed by atoms with Crippen LogP contribution < -0.4 is 14.8 Å². The van der Waals surface area contributed by atoms with Gasteiger partial charge in [-0.2, -0.15) is 0 Å². The molecular weight excluding hydrogens is 425 g/mol. The van der Waals surface area contributed by atoms with Crippen LogP contribution >= 0.6 is 27.5 Å². The third-order valence-electron chi connectivity index (χ3n) is 4.03. The lowest BCUT2D eigenvalue weighted by molar-refractivity contribution is -0.121. The fourth-order valence-electron chi connectivity index (χ4n) is 2.72. The van der Waals surface area contributed by atoms with Crippen molar-refractivity contribution < 1.29 is 18.7 Å². The topological polar surface area (TPSA) is 47.6 Å². The second kappa shape index (κ2) is 8.73. The van der Waals surface area contributed by atoms with Gasteiger partial charge in [0.05, 0.1) is 5.02 Å². The zero-order valence-electron chi connectivity index (χ0n) is 14.0. The predicted octanol–water partition coefficient (Wildman–Crippen LogP) is 4.30. The van der Waals surface area contributed by atoms with Crippen molar-refractivity contribution in [1.29, 1.82) is 0 Å². The molecule has 0 saturated carbocycles. The van der Waals surface area contributed by atoms with Gasteiger partial charge in [0.15, 0.2) is 11.5 Å². The number of ether oxygens (including phenoxy) is 2. The zero-order chi connectivity index (χ0) is 18.5. The predicted molar refractivity (Wildman–Crippen MR) is 102 cm³/mol. The molecule has 7 heteroatoms. The molecular formula is C19H18BrClFNO3. The number of aryl methyl sites for hydroxylation is 1. The number of fused-ring (bicyclic) bond motifs is 1. The lowest BCUT2D eigenvalue weighted by Gasteiger charge is -2.20. The molecule has 2 aromatic rings. The van der Waals surface area contributed by atoms with Gasteiger partial charge in [-0.15, -0.1) is 0 Å². The highest BCUT2D eigenvalue weighted by Crippen LogP contribution is 2.38. The summed E-state index contributed by atoms with van der Waals surface area (Å²) in [4.78, 5) is 12.0. The standard InChI is InChI=1S/C19H18BrClFNO3/c20-14-3-1-13(16(22)11-14)2-4-18(24)23-6-5-12-9-15(21)19-17(10-12)25-7-8-26-19/h1,3,9-11H,2,4-8H2,(H,23,24). The smallest absolute Gasteiger partial charge is 0.220 e. The largest absolute Gasteiger partial charge is 0.486 e. The zero-order valence-corrected chi connectivity index (χ0v) is 16.3. The van der Waals surface area contributed by atoms with Crippen molar-refractivity contribution in [2.45, 2.75) is 19.3 Å². The number of halogens is 3. The molecule has 138 valence electrons. The first-order valence-electron chi connectivity index (χ1n) is 8.31. The Morgan fingerprint density at radius 1 is 1.19 bits per heavy atom. The molecule has 1 heterocycles. The van der Waals surface area contributed by atoms with E-state index >= 15 is 0 Å². The van der Waals surface area contributed by atoms with Crippen LogP contribution in [0, 0.1) is 5.82 Å². The van der Waals surface area contributed by atoms with E-state index in [1.807, 2.05) is 12.1 Å². The molecule has 0 aromatic heterocycles. The van der Waals surface area contributed by atoms with Crippen LogP contribution in [-0.2, 0) is 17.6 Å². The van der Waals surface area contributed by atoms with Crippen molar-refractivity contribution in [1.82, 2.24) is 5.32 Å². The lowest BCUT2D eigenvalue weighted by Crippen LogP contribution is -2.26. The molecule has 0 spiro atoms. The summed E-state index contributed by atoms with van der Waals surface area (Å²) >= 11 is 9.42. The number of hydrogen-bond acceptors (Lipinski definition) is 3. The first kappa shape index (κ1) is 19.0. The van der Waals surface area contributed by atoms with Gasteiger partial charge in [-0.1, -0.05) is 33.6 Å². The second-order valence-corrected chi connectivity index (χ2v) is 7.26. The van der Waals surface area contributed by atoms with Crippen molar-refractivity contribution >= 4 is 33.4 Å². The van der Waals surface area contributed by atoms with E-state index in [-0.39, 0.29) is 18.1 Å². The van der Waals surface area contributed by atoms with Gasteiger partial charge in [0.2, 0.25) is 5.91 Å². The summed E-state index contributed by atoms with van der Waals surface area (Å²) in [6.45, 7) is 1.45. The molecule has 0 fully saturated rings. The van der Waals surface area contributed by atoms with Crippen molar-refractivity contribution in [3.63, 3.8) is 0 Å². The monoisotopic (exact) mass is 441 g/mol. The molecule has 0 bridgehead atoms. The van der Waals surface area contributed by atoms with E-state index in [1.165, 1.54) is 6.07 Å². The van der Waals surface area contributed by atoms with E-state index in [4.69, 9.17) is 21.1 Å². The summed E-state index contributed by atoms with van der Waals surface area (Å²) in [6.07, 6.45) is 1.22. The summed E-state index contributed by atoms with van der Waals surface area (Å²) in [5, 5.41) is 3.35. The third-order valence-corrected chi connectivity index (χ3v) is 4.80. The normalized spacial score (nSPS) is 12.7. The molecule has 0 unspecified atom stereocenters. The molecule has 4 nitrogen and oxygen atoms in total. The van der Waals surface area contributed by atoms with Crippen LogP contribution in [0.2, 0.25) is 5.02 Å². The van der Waals surface area contributed by atoms with Crippen LogP contribution in [0.5, 0.6) is 11.5 Å². The van der Waals surface area contributed by atoms with Crippen molar-refractivity contribution in [2.75, 3.05) is 19.8 Å². The highest BCUT2D eigenvalue weighted by molar-refractivity contribution is 9.10. The summed E-state index contributed by atoms with van der Waals surface area (Å²) in [5.41, 5.74) is 1.49. The number of hydrogen-bond donors (Lipinski definition) is 1. The van der Waals surface area contributed by atoms with Gasteiger partial charge >= 0.3 is 0 Å². The molecule has 1 N–H and O–H groups in total. The van der Waals surface area contributed by atoms with Crippen LogP contribution in [0.1, 0.15) is 17.5 Å². The van der Waals surface area contributed by atoms with Crippen LogP contribution in [0.25, 0.3) is 0 Å². The first-order valence-corrected chi connectivity index (χ1v) is 9.48. The highest BCUT2D eigenvalue weighted by atomic mass is 79.9. The van der Waals surface area contributed by atoms with Gasteiger partial charge in [-0.3, -0.25) is 4.79 Å². The minimum Gasteiger partial charge on any atom is -0.486 e. The Morgan fingerprint density at radius 2 is 2.00 bits per heavy atom. The maximum absolute atomic E-state index is 13.8. The average molecular weight is 443 g/mol. The van der Waals surface area contributed by atoms with Crippen LogP contribution in [-0.4, -0.2) is 25.7 Å². The van der Waals surface area contributed by atoms with E-state index in [2.05, 4.69) is 21.2 Å². The Hall–Kier alpha value is -1.79. The molecule has 2 aromatic carbocycles. The summed E-state index contributed by atoms with van der Waals surface area (Å²) < 4.78 is 25.5. The number of rotatable bonds is 6. The van der Waals surface area contributed by atoms with Gasteiger partial charge in [0.25, 0.3) is 0 Å². The molecule has 1 aliphatic heterocycles. The number of benzene rings is 2. The van der Waals surface area contributed by atoms with Crippen molar-refractivity contribution in [3.8, 4) is 11.5 Å². The Morgan fingerprint density at radius 3 is 2.81 bits per heavy atom. The van der Waals surface area contributed by atoms with Gasteiger partial charge < -0.3 is 14.8 Å². The first-order chi connectivity index (χ1) is 12.5. The Bertz CT molecular complexity index is 816. The van der Waals surface area contributed by atoms with Crippen molar-refractivity contribution in [2.24, 2.45) is 0 Å². The maximum atomic E-state index is 13.8. The Kier molecular flexibility index (Phi) is 6.38. The molecule has 3 rings (SSSR count). The number of nitrogens with one attached hydrogen (secondary N) is 1. The molecule has 0 atom stereocenters. The third kappa shape index (κ3) is 4.89.